The minimum Gasteiger partial charge on any atom is -0.495 e. The van der Waals surface area contributed by atoms with Crippen LogP contribution in [0.1, 0.15) is 37.1 Å². The molecule has 0 fully saturated rings. The fourth-order valence-electron chi connectivity index (χ4n) is 3.49. The predicted octanol–water partition coefficient (Wildman–Crippen LogP) is 3.39. The maximum absolute atomic E-state index is 14.0. The molecule has 0 amide bonds. The Bertz CT molecular complexity index is 1130. The highest BCUT2D eigenvalue weighted by Crippen LogP contribution is 2.35. The van der Waals surface area contributed by atoms with Crippen molar-refractivity contribution in [1.82, 2.24) is 14.3 Å². The predicted molar refractivity (Wildman–Crippen MR) is 110 cm³/mol. The summed E-state index contributed by atoms with van der Waals surface area (Å²) >= 11 is 0. The van der Waals surface area contributed by atoms with E-state index in [2.05, 4.69) is 5.10 Å². The van der Waals surface area contributed by atoms with Gasteiger partial charge in [0.25, 0.3) is 5.56 Å². The standard InChI is InChI=1S/C22H24FN3O4/c1-13(2)16-6-5-14(23)9-17(16)18-11-21(27)26(12-20(18)30-4)19(22(28)29)10-15-7-8-25(3)24-15/h5-9,11-13,19H,10H2,1-4H3,(H,28,29). The number of halogens is 1. The van der Waals surface area contributed by atoms with E-state index < -0.39 is 23.4 Å². The summed E-state index contributed by atoms with van der Waals surface area (Å²) in [4.78, 5) is 24.8. The van der Waals surface area contributed by atoms with Crippen LogP contribution in [0, 0.1) is 5.82 Å². The molecule has 1 unspecified atom stereocenters. The average Bonchev–Trinajstić information content (AvgIpc) is 3.10. The molecule has 8 heteroatoms. The van der Waals surface area contributed by atoms with Gasteiger partial charge in [-0.2, -0.15) is 5.10 Å². The first-order chi connectivity index (χ1) is 14.2. The summed E-state index contributed by atoms with van der Waals surface area (Å²) in [5.41, 5.74) is 1.85. The van der Waals surface area contributed by atoms with Crippen molar-refractivity contribution >= 4 is 5.97 Å². The van der Waals surface area contributed by atoms with Gasteiger partial charge in [0.05, 0.1) is 19.0 Å². The lowest BCUT2D eigenvalue weighted by Gasteiger charge is -2.19. The molecular weight excluding hydrogens is 389 g/mol. The number of aryl methyl sites for hydroxylation is 1. The third-order valence-electron chi connectivity index (χ3n) is 4.98. The molecule has 7 nitrogen and oxygen atoms in total. The van der Waals surface area contributed by atoms with Crippen LogP contribution in [0.2, 0.25) is 0 Å². The highest BCUT2D eigenvalue weighted by Gasteiger charge is 2.25. The van der Waals surface area contributed by atoms with Gasteiger partial charge in [0.1, 0.15) is 17.6 Å². The molecule has 3 rings (SSSR count). The molecule has 158 valence electrons. The van der Waals surface area contributed by atoms with E-state index in [0.717, 1.165) is 10.1 Å². The fourth-order valence-corrected chi connectivity index (χ4v) is 3.49. The molecule has 0 aliphatic heterocycles. The number of pyridine rings is 1. The van der Waals surface area contributed by atoms with Gasteiger partial charge in [0.2, 0.25) is 0 Å². The SMILES string of the molecule is COc1cn(C(Cc2ccn(C)n2)C(=O)O)c(=O)cc1-c1cc(F)ccc1C(C)C. The third kappa shape index (κ3) is 4.27. The van der Waals surface area contributed by atoms with Crippen LogP contribution in [0.25, 0.3) is 11.1 Å². The van der Waals surface area contributed by atoms with Crippen molar-refractivity contribution in [2.24, 2.45) is 7.05 Å². The maximum Gasteiger partial charge on any atom is 0.327 e. The van der Waals surface area contributed by atoms with Crippen LogP contribution in [0.15, 0.2) is 47.5 Å². The molecule has 0 saturated carbocycles. The Kier molecular flexibility index (Phi) is 6.05. The summed E-state index contributed by atoms with van der Waals surface area (Å²) in [5, 5.41) is 13.9. The molecule has 0 radical (unpaired) electrons. The number of carboxylic acid groups (broad SMARTS) is 1. The van der Waals surface area contributed by atoms with Gasteiger partial charge >= 0.3 is 5.97 Å². The smallest absolute Gasteiger partial charge is 0.327 e. The number of nitrogens with zero attached hydrogens (tertiary/aromatic N) is 3. The molecule has 2 heterocycles. The summed E-state index contributed by atoms with van der Waals surface area (Å²) in [5.74, 6) is -1.22. The molecule has 0 aliphatic rings. The average molecular weight is 413 g/mol. The minimum atomic E-state index is -1.16. The molecule has 2 aromatic heterocycles. The number of aliphatic carboxylic acids is 1. The Morgan fingerprint density at radius 1 is 1.23 bits per heavy atom. The molecule has 3 aromatic rings. The zero-order valence-electron chi connectivity index (χ0n) is 17.3. The van der Waals surface area contributed by atoms with Gasteiger partial charge in [-0.1, -0.05) is 19.9 Å². The number of hydrogen-bond acceptors (Lipinski definition) is 4. The molecule has 0 saturated heterocycles. The minimum absolute atomic E-state index is 0.0375. The van der Waals surface area contributed by atoms with Gasteiger partial charge in [-0.3, -0.25) is 14.0 Å². The van der Waals surface area contributed by atoms with E-state index in [1.54, 1.807) is 30.1 Å². The molecule has 0 bridgehead atoms. The van der Waals surface area contributed by atoms with E-state index in [9.17, 15) is 19.1 Å². The van der Waals surface area contributed by atoms with Crippen LogP contribution in [0.5, 0.6) is 5.75 Å². The molecule has 1 N–H and O–H groups in total. The first-order valence-corrected chi connectivity index (χ1v) is 9.52. The summed E-state index contributed by atoms with van der Waals surface area (Å²) < 4.78 is 22.1. The lowest BCUT2D eigenvalue weighted by molar-refractivity contribution is -0.141. The van der Waals surface area contributed by atoms with Gasteiger partial charge in [-0.05, 0) is 35.2 Å². The van der Waals surface area contributed by atoms with Gasteiger partial charge in [0, 0.05) is 31.3 Å². The normalized spacial score (nSPS) is 12.2. The number of benzene rings is 1. The van der Waals surface area contributed by atoms with Gasteiger partial charge in [-0.25, -0.2) is 9.18 Å². The fraction of sp³-hybridized carbons (Fsp3) is 0.318. The Balaban J connectivity index is 2.13. The Morgan fingerprint density at radius 2 is 1.97 bits per heavy atom. The number of aromatic nitrogens is 3. The second-order valence-electron chi connectivity index (χ2n) is 7.43. The number of rotatable bonds is 7. The molecule has 1 atom stereocenters. The zero-order valence-corrected chi connectivity index (χ0v) is 17.3. The molecule has 30 heavy (non-hydrogen) atoms. The van der Waals surface area contributed by atoms with Crippen LogP contribution in [-0.4, -0.2) is 32.5 Å². The second-order valence-corrected chi connectivity index (χ2v) is 7.43. The summed E-state index contributed by atoms with van der Waals surface area (Å²) in [7, 11) is 3.16. The number of ether oxygens (including phenoxy) is 1. The summed E-state index contributed by atoms with van der Waals surface area (Å²) in [6, 6.07) is 6.26. The largest absolute Gasteiger partial charge is 0.495 e. The highest BCUT2D eigenvalue weighted by molar-refractivity contribution is 5.75. The molecule has 0 spiro atoms. The highest BCUT2D eigenvalue weighted by atomic mass is 19.1. The number of carbonyl (C=O) groups is 1. The zero-order chi connectivity index (χ0) is 22.0. The lowest BCUT2D eigenvalue weighted by atomic mass is 9.92. The van der Waals surface area contributed by atoms with Gasteiger partial charge in [0.15, 0.2) is 0 Å². The van der Waals surface area contributed by atoms with E-state index in [4.69, 9.17) is 4.74 Å². The maximum atomic E-state index is 14.0. The van der Waals surface area contributed by atoms with Crippen LogP contribution in [0.4, 0.5) is 4.39 Å². The number of methoxy groups -OCH3 is 1. The summed E-state index contributed by atoms with van der Waals surface area (Å²) in [6.07, 6.45) is 3.11. The van der Waals surface area contributed by atoms with Crippen molar-refractivity contribution in [2.75, 3.05) is 7.11 Å². The summed E-state index contributed by atoms with van der Waals surface area (Å²) in [6.45, 7) is 3.94. The monoisotopic (exact) mass is 413 g/mol. The van der Waals surface area contributed by atoms with Crippen molar-refractivity contribution < 1.29 is 19.0 Å². The first-order valence-electron chi connectivity index (χ1n) is 9.52. The molecular formula is C22H24FN3O4. The Labute approximate surface area is 173 Å². The Hall–Kier alpha value is -3.42. The van der Waals surface area contributed by atoms with E-state index >= 15 is 0 Å². The second kappa shape index (κ2) is 8.52. The van der Waals surface area contributed by atoms with Crippen molar-refractivity contribution in [3.8, 4) is 16.9 Å². The van der Waals surface area contributed by atoms with Crippen molar-refractivity contribution in [2.45, 2.75) is 32.2 Å². The topological polar surface area (TPSA) is 86.3 Å². The number of carboxylic acids is 1. The number of hydrogen-bond donors (Lipinski definition) is 1. The van der Waals surface area contributed by atoms with Crippen molar-refractivity contribution in [1.29, 1.82) is 0 Å². The van der Waals surface area contributed by atoms with Gasteiger partial charge in [-0.15, -0.1) is 0 Å². The van der Waals surface area contributed by atoms with E-state index in [1.807, 2.05) is 13.8 Å². The van der Waals surface area contributed by atoms with E-state index in [-0.39, 0.29) is 18.1 Å². The van der Waals surface area contributed by atoms with E-state index in [1.165, 1.54) is 31.5 Å². The van der Waals surface area contributed by atoms with Crippen molar-refractivity contribution in [3.05, 3.63) is 70.2 Å². The molecule has 1 aromatic carbocycles. The quantitative estimate of drug-likeness (QED) is 0.642. The van der Waals surface area contributed by atoms with Crippen LogP contribution >= 0.6 is 0 Å². The van der Waals surface area contributed by atoms with Crippen LogP contribution < -0.4 is 10.3 Å². The van der Waals surface area contributed by atoms with Crippen LogP contribution in [-0.2, 0) is 18.3 Å². The first kappa shape index (κ1) is 21.3. The molecule has 0 aliphatic carbocycles. The lowest BCUT2D eigenvalue weighted by Crippen LogP contribution is -2.31. The van der Waals surface area contributed by atoms with Gasteiger partial charge < -0.3 is 9.84 Å². The Morgan fingerprint density at radius 3 is 2.53 bits per heavy atom. The third-order valence-corrected chi connectivity index (χ3v) is 4.98. The van der Waals surface area contributed by atoms with E-state index in [0.29, 0.717) is 16.8 Å². The van der Waals surface area contributed by atoms with Crippen LogP contribution in [0.3, 0.4) is 0 Å². The van der Waals surface area contributed by atoms with Crippen molar-refractivity contribution in [3.63, 3.8) is 0 Å².